The summed E-state index contributed by atoms with van der Waals surface area (Å²) in [6, 6.07) is 12.3. The van der Waals surface area contributed by atoms with Gasteiger partial charge in [-0.05, 0) is 41.8 Å². The first-order valence-electron chi connectivity index (χ1n) is 8.27. The van der Waals surface area contributed by atoms with Crippen molar-refractivity contribution >= 4 is 40.0 Å². The van der Waals surface area contributed by atoms with Crippen molar-refractivity contribution < 1.29 is 12.8 Å². The Labute approximate surface area is 176 Å². The number of hydrogen-bond acceptors (Lipinski definition) is 3. The second kappa shape index (κ2) is 11.2. The number of benzene rings is 2. The molecule has 9 heteroatoms. The van der Waals surface area contributed by atoms with Gasteiger partial charge in [-0.15, -0.1) is 24.0 Å². The summed E-state index contributed by atoms with van der Waals surface area (Å²) in [5, 5.41) is 2.96. The monoisotopic (exact) mass is 506 g/mol. The highest BCUT2D eigenvalue weighted by Gasteiger charge is 2.14. The maximum Gasteiger partial charge on any atom is 0.240 e. The summed E-state index contributed by atoms with van der Waals surface area (Å²) in [7, 11) is -3.71. The SMILES string of the molecule is CCCNC(N)=NCc1cccc(S(=O)(=O)NCc2cccc(F)c2)c1.I. The molecule has 0 bridgehead atoms. The predicted octanol–water partition coefficient (Wildman–Crippen LogP) is 2.74. The standard InChI is InChI=1S/C18H23FN4O2S.HI/c1-2-9-21-18(20)22-12-15-6-4-8-17(11-15)26(24,25)23-13-14-5-3-7-16(19)10-14;/h3-8,10-11,23H,2,9,12-13H2,1H3,(H3,20,21,22);1H. The summed E-state index contributed by atoms with van der Waals surface area (Å²) < 4.78 is 40.5. The smallest absolute Gasteiger partial charge is 0.240 e. The zero-order valence-corrected chi connectivity index (χ0v) is 18.1. The zero-order chi connectivity index (χ0) is 19.0. The average Bonchev–Trinajstić information content (AvgIpc) is 2.63. The maximum absolute atomic E-state index is 13.2. The molecular formula is C18H24FIN4O2S. The molecule has 0 saturated carbocycles. The molecule has 2 aromatic carbocycles. The third-order valence-corrected chi connectivity index (χ3v) is 4.95. The number of guanidine groups is 1. The molecule has 4 N–H and O–H groups in total. The summed E-state index contributed by atoms with van der Waals surface area (Å²) in [6.07, 6.45) is 0.931. The second-order valence-corrected chi connectivity index (χ2v) is 7.50. The lowest BCUT2D eigenvalue weighted by Crippen LogP contribution is -2.32. The van der Waals surface area contributed by atoms with Gasteiger partial charge in [-0.1, -0.05) is 31.2 Å². The first kappa shape index (κ1) is 23.3. The maximum atomic E-state index is 13.2. The van der Waals surface area contributed by atoms with Crippen molar-refractivity contribution in [3.8, 4) is 0 Å². The number of rotatable bonds is 8. The molecule has 0 aliphatic heterocycles. The molecule has 0 atom stereocenters. The molecule has 27 heavy (non-hydrogen) atoms. The highest BCUT2D eigenvalue weighted by molar-refractivity contribution is 14.0. The minimum atomic E-state index is -3.71. The number of nitrogens with zero attached hydrogens (tertiary/aromatic N) is 1. The largest absolute Gasteiger partial charge is 0.370 e. The van der Waals surface area contributed by atoms with Crippen LogP contribution in [0.2, 0.25) is 0 Å². The van der Waals surface area contributed by atoms with Gasteiger partial charge in [0.1, 0.15) is 5.82 Å². The molecular weight excluding hydrogens is 482 g/mol. The Kier molecular flexibility index (Phi) is 9.67. The van der Waals surface area contributed by atoms with Crippen molar-refractivity contribution in [3.63, 3.8) is 0 Å². The van der Waals surface area contributed by atoms with E-state index in [2.05, 4.69) is 15.0 Å². The Morgan fingerprint density at radius 1 is 1.15 bits per heavy atom. The molecule has 0 unspecified atom stereocenters. The molecule has 148 valence electrons. The third-order valence-electron chi connectivity index (χ3n) is 3.55. The second-order valence-electron chi connectivity index (χ2n) is 5.73. The molecule has 2 aromatic rings. The van der Waals surface area contributed by atoms with Crippen LogP contribution in [0.3, 0.4) is 0 Å². The van der Waals surface area contributed by atoms with Gasteiger partial charge in [0.15, 0.2) is 5.96 Å². The van der Waals surface area contributed by atoms with E-state index in [1.165, 1.54) is 24.3 Å². The van der Waals surface area contributed by atoms with Crippen molar-refractivity contribution in [3.05, 3.63) is 65.5 Å². The minimum Gasteiger partial charge on any atom is -0.370 e. The van der Waals surface area contributed by atoms with E-state index >= 15 is 0 Å². The molecule has 0 aliphatic carbocycles. The number of aliphatic imine (C=N–C) groups is 1. The van der Waals surface area contributed by atoms with E-state index in [4.69, 9.17) is 5.73 Å². The van der Waals surface area contributed by atoms with Gasteiger partial charge in [0.05, 0.1) is 11.4 Å². The number of hydrogen-bond donors (Lipinski definition) is 3. The van der Waals surface area contributed by atoms with Crippen molar-refractivity contribution in [2.24, 2.45) is 10.7 Å². The lowest BCUT2D eigenvalue weighted by Gasteiger charge is -2.08. The van der Waals surface area contributed by atoms with Crippen LogP contribution in [0.5, 0.6) is 0 Å². The summed E-state index contributed by atoms with van der Waals surface area (Å²) >= 11 is 0. The number of sulfonamides is 1. The molecule has 0 heterocycles. The summed E-state index contributed by atoms with van der Waals surface area (Å²) in [4.78, 5) is 4.31. The molecule has 0 saturated heterocycles. The quantitative estimate of drug-likeness (QED) is 0.292. The van der Waals surface area contributed by atoms with Gasteiger partial charge in [-0.25, -0.2) is 22.5 Å². The molecule has 2 rings (SSSR count). The van der Waals surface area contributed by atoms with Gasteiger partial charge in [0.25, 0.3) is 0 Å². The topological polar surface area (TPSA) is 96.6 Å². The molecule has 6 nitrogen and oxygen atoms in total. The molecule has 0 radical (unpaired) electrons. The van der Waals surface area contributed by atoms with Gasteiger partial charge in [0.2, 0.25) is 10.0 Å². The first-order chi connectivity index (χ1) is 12.4. The molecule has 0 aromatic heterocycles. The van der Waals surface area contributed by atoms with Crippen LogP contribution in [0.4, 0.5) is 4.39 Å². The Morgan fingerprint density at radius 2 is 1.85 bits per heavy atom. The Balaban J connectivity index is 0.00000364. The van der Waals surface area contributed by atoms with E-state index in [9.17, 15) is 12.8 Å². The number of nitrogens with one attached hydrogen (secondary N) is 2. The summed E-state index contributed by atoms with van der Waals surface area (Å²) in [5.74, 6) is -0.0832. The van der Waals surface area contributed by atoms with Crippen molar-refractivity contribution in [2.75, 3.05) is 6.54 Å². The van der Waals surface area contributed by atoms with Gasteiger partial charge in [0, 0.05) is 13.1 Å². The van der Waals surface area contributed by atoms with Crippen molar-refractivity contribution in [2.45, 2.75) is 31.3 Å². The lowest BCUT2D eigenvalue weighted by molar-refractivity contribution is 0.580. The molecule has 0 spiro atoms. The highest BCUT2D eigenvalue weighted by atomic mass is 127. The van der Waals surface area contributed by atoms with Crippen LogP contribution >= 0.6 is 24.0 Å². The highest BCUT2D eigenvalue weighted by Crippen LogP contribution is 2.13. The minimum absolute atomic E-state index is 0. The average molecular weight is 506 g/mol. The Hall–Kier alpha value is -1.72. The number of halogens is 2. The molecule has 0 fully saturated rings. The van der Waals surface area contributed by atoms with Crippen LogP contribution in [0.25, 0.3) is 0 Å². The fourth-order valence-electron chi connectivity index (χ4n) is 2.21. The lowest BCUT2D eigenvalue weighted by atomic mass is 10.2. The fourth-order valence-corrected chi connectivity index (χ4v) is 3.29. The van der Waals surface area contributed by atoms with Crippen LogP contribution in [0, 0.1) is 5.82 Å². The van der Waals surface area contributed by atoms with E-state index in [0.29, 0.717) is 11.5 Å². The fraction of sp³-hybridized carbons (Fsp3) is 0.278. The Morgan fingerprint density at radius 3 is 2.56 bits per heavy atom. The predicted molar refractivity (Wildman–Crippen MR) is 116 cm³/mol. The van der Waals surface area contributed by atoms with E-state index in [1.54, 1.807) is 24.3 Å². The van der Waals surface area contributed by atoms with Gasteiger partial charge < -0.3 is 11.1 Å². The van der Waals surface area contributed by atoms with E-state index < -0.39 is 15.8 Å². The third kappa shape index (κ3) is 7.81. The Bertz CT molecular complexity index is 875. The molecule has 0 aliphatic rings. The van der Waals surface area contributed by atoms with E-state index in [-0.39, 0.29) is 42.0 Å². The number of nitrogens with two attached hydrogens (primary N) is 1. The van der Waals surface area contributed by atoms with E-state index in [0.717, 1.165) is 18.5 Å². The van der Waals surface area contributed by atoms with Crippen molar-refractivity contribution in [1.29, 1.82) is 0 Å². The van der Waals surface area contributed by atoms with Crippen LogP contribution in [0.1, 0.15) is 24.5 Å². The van der Waals surface area contributed by atoms with Crippen LogP contribution in [0.15, 0.2) is 58.4 Å². The van der Waals surface area contributed by atoms with Crippen LogP contribution in [-0.2, 0) is 23.1 Å². The van der Waals surface area contributed by atoms with E-state index in [1.807, 2.05) is 6.92 Å². The van der Waals surface area contributed by atoms with Gasteiger partial charge in [-0.2, -0.15) is 0 Å². The van der Waals surface area contributed by atoms with Gasteiger partial charge >= 0.3 is 0 Å². The summed E-state index contributed by atoms with van der Waals surface area (Å²) in [5.41, 5.74) is 7.00. The van der Waals surface area contributed by atoms with Crippen LogP contribution < -0.4 is 15.8 Å². The van der Waals surface area contributed by atoms with Gasteiger partial charge in [-0.3, -0.25) is 0 Å². The summed E-state index contributed by atoms with van der Waals surface area (Å²) in [6.45, 7) is 3.03. The molecule has 0 amide bonds. The first-order valence-corrected chi connectivity index (χ1v) is 9.76. The van der Waals surface area contributed by atoms with Crippen LogP contribution in [-0.4, -0.2) is 20.9 Å². The van der Waals surface area contributed by atoms with Crippen molar-refractivity contribution in [1.82, 2.24) is 10.0 Å². The normalized spacial score (nSPS) is 11.7. The zero-order valence-electron chi connectivity index (χ0n) is 15.0.